The zero-order valence-electron chi connectivity index (χ0n) is 7.06. The van der Waals surface area contributed by atoms with Gasteiger partial charge in [-0.15, -0.1) is 0 Å². The van der Waals surface area contributed by atoms with E-state index in [0.29, 0.717) is 0 Å². The summed E-state index contributed by atoms with van der Waals surface area (Å²) in [6, 6.07) is 0. The molecule has 0 nitrogen and oxygen atoms in total. The van der Waals surface area contributed by atoms with Gasteiger partial charge in [-0.25, -0.2) is 0 Å². The first kappa shape index (κ1) is 11.1. The first-order valence-corrected chi connectivity index (χ1v) is 8.75. The van der Waals surface area contributed by atoms with Gasteiger partial charge in [0.05, 0.1) is 0 Å². The molecule has 0 saturated heterocycles. The molecule has 0 fully saturated rings. The predicted octanol–water partition coefficient (Wildman–Crippen LogP) is 3.04. The van der Waals surface area contributed by atoms with E-state index in [0.717, 1.165) is 5.25 Å². The van der Waals surface area contributed by atoms with Crippen LogP contribution in [0.1, 0.15) is 33.1 Å². The molecule has 0 spiro atoms. The van der Waals surface area contributed by atoms with Crippen molar-refractivity contribution in [2.75, 3.05) is 0 Å². The molecule has 0 aromatic heterocycles. The van der Waals surface area contributed by atoms with Gasteiger partial charge in [0.25, 0.3) is 0 Å². The number of thiol groups is 1. The summed E-state index contributed by atoms with van der Waals surface area (Å²) in [6.45, 7) is 4.51. The minimum absolute atomic E-state index is 0.0179. The van der Waals surface area contributed by atoms with Gasteiger partial charge in [-0.05, 0) is 0 Å². The molecular formula is C8H18SSn. The average molecular weight is 265 g/mol. The van der Waals surface area contributed by atoms with Crippen molar-refractivity contribution in [1.82, 2.24) is 0 Å². The molecule has 0 aromatic rings. The van der Waals surface area contributed by atoms with E-state index in [1.807, 2.05) is 0 Å². The van der Waals surface area contributed by atoms with Crippen LogP contribution in [-0.4, -0.2) is 26.4 Å². The summed E-state index contributed by atoms with van der Waals surface area (Å²) in [6.07, 6.45) is 4.11. The molecule has 0 N–H and O–H groups in total. The molecule has 0 bridgehead atoms. The van der Waals surface area contributed by atoms with Crippen molar-refractivity contribution >= 4 is 33.8 Å². The molecular weight excluding hydrogens is 247 g/mol. The number of unbranched alkanes of at least 4 members (excludes halogenated alkanes) is 1. The molecule has 0 amide bonds. The van der Waals surface area contributed by atoms with Crippen molar-refractivity contribution in [3.8, 4) is 0 Å². The van der Waals surface area contributed by atoms with Gasteiger partial charge in [0.2, 0.25) is 0 Å². The van der Waals surface area contributed by atoms with Gasteiger partial charge in [-0.2, -0.15) is 0 Å². The number of hydrogen-bond donors (Lipinski definition) is 1. The molecule has 2 radical (unpaired) electrons. The molecule has 0 heterocycles. The number of rotatable bonds is 6. The van der Waals surface area contributed by atoms with Crippen LogP contribution in [0.4, 0.5) is 0 Å². The standard InChI is InChI=1S/C4H9S.C4H9.Sn/c1-3-4(2)5;1-3-4-2;/h4-5H,2-3H2,1H3;1,3-4H2,2H3;. The van der Waals surface area contributed by atoms with Crippen LogP contribution in [0.25, 0.3) is 0 Å². The molecule has 1 atom stereocenters. The maximum atomic E-state index is 4.47. The quantitative estimate of drug-likeness (QED) is 0.426. The SMILES string of the molecule is CCC[CH2][Sn][CH2]C(S)CC. The normalized spacial score (nSPS) is 13.5. The molecule has 0 aliphatic heterocycles. The zero-order valence-corrected chi connectivity index (χ0v) is 10.8. The van der Waals surface area contributed by atoms with Gasteiger partial charge < -0.3 is 0 Å². The predicted molar refractivity (Wildman–Crippen MR) is 53.3 cm³/mol. The fraction of sp³-hybridized carbons (Fsp3) is 1.00. The third kappa shape index (κ3) is 7.26. The fourth-order valence-corrected chi connectivity index (χ4v) is 5.66. The van der Waals surface area contributed by atoms with Crippen LogP contribution in [0.15, 0.2) is 0 Å². The fourth-order valence-electron chi connectivity index (χ4n) is 0.715. The molecule has 2 heteroatoms. The molecule has 0 saturated carbocycles. The van der Waals surface area contributed by atoms with Crippen LogP contribution in [-0.2, 0) is 0 Å². The molecule has 0 aliphatic carbocycles. The van der Waals surface area contributed by atoms with Crippen LogP contribution in [0.2, 0.25) is 8.87 Å². The topological polar surface area (TPSA) is 0 Å². The molecule has 60 valence electrons. The van der Waals surface area contributed by atoms with E-state index in [1.54, 1.807) is 4.44 Å². The Kier molecular flexibility index (Phi) is 9.19. The van der Waals surface area contributed by atoms with E-state index >= 15 is 0 Å². The Balaban J connectivity index is 2.89. The van der Waals surface area contributed by atoms with E-state index in [4.69, 9.17) is 0 Å². The second-order valence-corrected chi connectivity index (χ2v) is 7.37. The van der Waals surface area contributed by atoms with E-state index in [9.17, 15) is 0 Å². The minimum atomic E-state index is 0.0179. The zero-order chi connectivity index (χ0) is 7.82. The summed E-state index contributed by atoms with van der Waals surface area (Å²) in [5.74, 6) is 0. The molecule has 10 heavy (non-hydrogen) atoms. The molecule has 0 rings (SSSR count). The van der Waals surface area contributed by atoms with Crippen LogP contribution in [0.3, 0.4) is 0 Å². The van der Waals surface area contributed by atoms with E-state index < -0.39 is 0 Å². The van der Waals surface area contributed by atoms with Gasteiger partial charge in [0.15, 0.2) is 0 Å². The Hall–Kier alpha value is 1.15. The second-order valence-electron chi connectivity index (χ2n) is 2.62. The number of hydrogen-bond acceptors (Lipinski definition) is 1. The van der Waals surface area contributed by atoms with Crippen molar-refractivity contribution < 1.29 is 0 Å². The van der Waals surface area contributed by atoms with Gasteiger partial charge in [-0.3, -0.25) is 0 Å². The Bertz CT molecular complexity index is 66.3. The van der Waals surface area contributed by atoms with Gasteiger partial charge in [0, 0.05) is 0 Å². The molecule has 1 unspecified atom stereocenters. The second kappa shape index (κ2) is 8.25. The summed E-state index contributed by atoms with van der Waals surface area (Å²) in [5.41, 5.74) is 0. The van der Waals surface area contributed by atoms with Crippen molar-refractivity contribution in [1.29, 1.82) is 0 Å². The van der Waals surface area contributed by atoms with Gasteiger partial charge in [0.1, 0.15) is 0 Å². The van der Waals surface area contributed by atoms with Crippen molar-refractivity contribution in [3.05, 3.63) is 0 Å². The Morgan fingerprint density at radius 1 is 1.40 bits per heavy atom. The van der Waals surface area contributed by atoms with Gasteiger partial charge in [-0.1, -0.05) is 0 Å². The Morgan fingerprint density at radius 2 is 2.10 bits per heavy atom. The summed E-state index contributed by atoms with van der Waals surface area (Å²) < 4.78 is 3.04. The molecule has 0 aromatic carbocycles. The van der Waals surface area contributed by atoms with Crippen LogP contribution >= 0.6 is 12.6 Å². The van der Waals surface area contributed by atoms with Crippen molar-refractivity contribution in [2.45, 2.75) is 47.2 Å². The maximum absolute atomic E-state index is 4.47. The summed E-state index contributed by atoms with van der Waals surface area (Å²) in [5, 5.41) is 0.725. The van der Waals surface area contributed by atoms with E-state index in [1.165, 1.54) is 23.7 Å². The molecule has 0 aliphatic rings. The Morgan fingerprint density at radius 3 is 2.60 bits per heavy atom. The van der Waals surface area contributed by atoms with E-state index in [2.05, 4.69) is 26.5 Å². The van der Waals surface area contributed by atoms with Crippen LogP contribution in [0.5, 0.6) is 0 Å². The average Bonchev–Trinajstić information content (AvgIpc) is 1.98. The van der Waals surface area contributed by atoms with Gasteiger partial charge >= 0.3 is 81.0 Å². The van der Waals surface area contributed by atoms with Crippen LogP contribution in [0, 0.1) is 0 Å². The third-order valence-electron chi connectivity index (χ3n) is 1.56. The summed E-state index contributed by atoms with van der Waals surface area (Å²) >= 11 is 4.49. The van der Waals surface area contributed by atoms with Crippen LogP contribution < -0.4 is 0 Å². The van der Waals surface area contributed by atoms with Crippen molar-refractivity contribution in [3.63, 3.8) is 0 Å². The monoisotopic (exact) mass is 266 g/mol. The summed E-state index contributed by atoms with van der Waals surface area (Å²) in [4.78, 5) is 0. The third-order valence-corrected chi connectivity index (χ3v) is 7.34. The Labute approximate surface area is 80.8 Å². The van der Waals surface area contributed by atoms with Crippen molar-refractivity contribution in [2.24, 2.45) is 0 Å². The van der Waals surface area contributed by atoms with E-state index in [-0.39, 0.29) is 21.1 Å². The first-order chi connectivity index (χ1) is 4.81. The summed E-state index contributed by atoms with van der Waals surface area (Å²) in [7, 11) is 0. The first-order valence-electron chi connectivity index (χ1n) is 4.20.